The number of nitrogens with two attached hydrogens (primary N) is 1. The van der Waals surface area contributed by atoms with E-state index in [1.807, 2.05) is 79.7 Å². The smallest absolute Gasteiger partial charge is 0.294 e. The fraction of sp³-hybridized carbons (Fsp3) is 0.402. The Hall–Kier alpha value is -8.50. The summed E-state index contributed by atoms with van der Waals surface area (Å²) < 4.78 is 68.7. The maximum absolute atomic E-state index is 13.5. The molecule has 7 aromatic carbocycles. The summed E-state index contributed by atoms with van der Waals surface area (Å²) in [6.07, 6.45) is 12.0. The summed E-state index contributed by atoms with van der Waals surface area (Å²) in [5, 5.41) is 38.0. The van der Waals surface area contributed by atoms with Gasteiger partial charge in [-0.2, -0.15) is 28.9 Å². The van der Waals surface area contributed by atoms with Gasteiger partial charge in [-0.25, -0.2) is 9.97 Å². The van der Waals surface area contributed by atoms with Crippen LogP contribution in [0.3, 0.4) is 0 Å². The van der Waals surface area contributed by atoms with Crippen molar-refractivity contribution in [1.29, 1.82) is 10.5 Å². The minimum atomic E-state index is -4.02. The van der Waals surface area contributed by atoms with Gasteiger partial charge in [0.2, 0.25) is 11.2 Å². The molecule has 117 heavy (non-hydrogen) atoms. The van der Waals surface area contributed by atoms with E-state index in [0.29, 0.717) is 72.3 Å². The Bertz CT molecular complexity index is 5130. The van der Waals surface area contributed by atoms with E-state index in [9.17, 15) is 22.8 Å². The molecule has 7 N–H and O–H groups in total. The van der Waals surface area contributed by atoms with Crippen molar-refractivity contribution in [2.24, 2.45) is 0 Å². The van der Waals surface area contributed by atoms with Crippen molar-refractivity contribution in [2.75, 3.05) is 172 Å². The topological polar surface area (TPSA) is 308 Å². The quantitative estimate of drug-likeness (QED) is 0.0168. The monoisotopic (exact) mass is 1790 g/mol. The van der Waals surface area contributed by atoms with Gasteiger partial charge in [-0.3, -0.25) is 14.4 Å². The molecule has 0 amide bonds. The Morgan fingerprint density at radius 2 is 1.01 bits per heavy atom. The van der Waals surface area contributed by atoms with E-state index in [1.54, 1.807) is 77.5 Å². The van der Waals surface area contributed by atoms with Crippen LogP contribution < -0.4 is 51.6 Å². The lowest BCUT2D eigenvalue weighted by atomic mass is 9.99. The van der Waals surface area contributed by atoms with E-state index in [4.69, 9.17) is 46.7 Å². The van der Waals surface area contributed by atoms with Crippen molar-refractivity contribution in [2.45, 2.75) is 96.0 Å². The molecule has 0 unspecified atom stereocenters. The van der Waals surface area contributed by atoms with Crippen LogP contribution in [-0.4, -0.2) is 210 Å². The maximum atomic E-state index is 13.5. The van der Waals surface area contributed by atoms with Gasteiger partial charge < -0.3 is 65.0 Å². The van der Waals surface area contributed by atoms with Crippen molar-refractivity contribution < 1.29 is 36.7 Å². The number of methoxy groups -OCH3 is 2. The lowest BCUT2D eigenvalue weighted by molar-refractivity contribution is 0.0982. The number of anilines is 9. The molecule has 4 aliphatic heterocycles. The number of benzene rings is 7. The number of piperazine rings is 2. The van der Waals surface area contributed by atoms with Gasteiger partial charge in [0.05, 0.1) is 74.1 Å². The highest BCUT2D eigenvalue weighted by molar-refractivity contribution is 9.11. The van der Waals surface area contributed by atoms with Gasteiger partial charge in [0, 0.05) is 144 Å². The summed E-state index contributed by atoms with van der Waals surface area (Å²) in [7, 11) is -1.52. The van der Waals surface area contributed by atoms with Gasteiger partial charge in [0.25, 0.3) is 10.1 Å². The molecule has 6 heterocycles. The summed E-state index contributed by atoms with van der Waals surface area (Å²) in [6.45, 7) is 29.3. The number of aromatic nitrogens is 4. The van der Waals surface area contributed by atoms with Crippen LogP contribution in [0.2, 0.25) is 5.28 Å². The van der Waals surface area contributed by atoms with Crippen LogP contribution in [-0.2, 0) is 32.1 Å². The van der Waals surface area contributed by atoms with E-state index in [1.165, 1.54) is 86.5 Å². The Kier molecular flexibility index (Phi) is 34.3. The molecule has 0 saturated carbocycles. The second-order valence-electron chi connectivity index (χ2n) is 30.2. The van der Waals surface area contributed by atoms with Crippen LogP contribution in [0, 0.1) is 29.6 Å². The highest BCUT2D eigenvalue weighted by atomic mass is 79.9. The largest absolute Gasteiger partial charge is 0.495 e. The van der Waals surface area contributed by atoms with Gasteiger partial charge in [0.15, 0.2) is 0 Å². The van der Waals surface area contributed by atoms with Gasteiger partial charge >= 0.3 is 0 Å². The summed E-state index contributed by atoms with van der Waals surface area (Å²) in [5.74, 6) is 2.95. The number of hydrogen-bond donors (Lipinski definition) is 6. The Morgan fingerprint density at radius 3 is 1.42 bits per heavy atom. The number of nitrogens with one attached hydrogen (secondary N) is 3. The first-order chi connectivity index (χ1) is 55.9. The van der Waals surface area contributed by atoms with Crippen LogP contribution in [0.25, 0.3) is 22.3 Å². The minimum absolute atomic E-state index is 0.0666. The summed E-state index contributed by atoms with van der Waals surface area (Å²) in [6, 6.07) is 46.4. The minimum Gasteiger partial charge on any atom is -0.495 e. The van der Waals surface area contributed by atoms with Crippen LogP contribution in [0.1, 0.15) is 87.1 Å². The molecule has 30 heteroatoms. The van der Waals surface area contributed by atoms with Gasteiger partial charge in [0.1, 0.15) is 37.4 Å². The van der Waals surface area contributed by atoms with Crippen LogP contribution >= 0.6 is 57.7 Å². The van der Waals surface area contributed by atoms with Crippen molar-refractivity contribution in [3.05, 3.63) is 188 Å². The second kappa shape index (κ2) is 43.5. The third-order valence-electron chi connectivity index (χ3n) is 21.2. The molecular weight excluding hydrogens is 1690 g/mol. The van der Waals surface area contributed by atoms with E-state index in [-0.39, 0.29) is 10.2 Å². The first-order valence-corrected chi connectivity index (χ1v) is 48.1. The molecule has 9 aromatic rings. The molecule has 0 spiro atoms. The predicted octanol–water partition coefficient (Wildman–Crippen LogP) is 16.8. The molecule has 13 rings (SSSR count). The SMILES string of the molecule is CCCCO.CCc1cc(N)c(OC)cc1N1CCC(N2CCN(C)CC2)CC1.CCc1cc(Nc2ncc(Br)c(Nc3ccc(-c4cccc(C#N)c4)cc3P(C)(C)=O)n2)c(OC)cc1N1CCC(N2CCN(C)CC2)CC1.CP(C)(=O)c1cc(-c2cccc(C#N)c2)ccc1Nc1nc(Cl)ncc1Br.Cc1ccc(S(=O)(=O)O)cc1. The molecule has 0 bridgehead atoms. The molecule has 0 atom stereocenters. The van der Waals surface area contributed by atoms with Crippen molar-refractivity contribution >= 4 is 130 Å². The third kappa shape index (κ3) is 26.2. The van der Waals surface area contributed by atoms with E-state index in [0.717, 1.165) is 135 Å². The normalized spacial score (nSPS) is 15.3. The fourth-order valence-corrected chi connectivity index (χ4v) is 17.9. The highest BCUT2D eigenvalue weighted by Crippen LogP contribution is 2.44. The number of piperidine rings is 2. The van der Waals surface area contributed by atoms with Gasteiger partial charge in [-0.1, -0.05) is 81.3 Å². The average molecular weight is 1800 g/mol. The van der Waals surface area contributed by atoms with E-state index < -0.39 is 24.4 Å². The molecule has 0 radical (unpaired) electrons. The zero-order valence-corrected chi connectivity index (χ0v) is 75.6. The second-order valence-corrected chi connectivity index (χ2v) is 40.1. The van der Waals surface area contributed by atoms with Crippen LogP contribution in [0.5, 0.6) is 11.5 Å². The number of ether oxygens (including phenoxy) is 2. The Morgan fingerprint density at radius 1 is 0.573 bits per heavy atom. The first-order valence-electron chi connectivity index (χ1n) is 39.5. The molecule has 4 fully saturated rings. The Labute approximate surface area is 713 Å². The zero-order chi connectivity index (χ0) is 84.7. The number of likely N-dealkylation sites (N-methyl/N-ethyl adjacent to an activating group) is 2. The summed E-state index contributed by atoms with van der Waals surface area (Å²) in [5.41, 5.74) is 19.8. The molecule has 0 aliphatic carbocycles. The zero-order valence-electron chi connectivity index (χ0n) is 69.1. The number of nitrogen functional groups attached to an aromatic ring is 1. The Balaban J connectivity index is 0.000000195. The van der Waals surface area contributed by atoms with E-state index >= 15 is 0 Å². The number of aryl methyl sites for hydroxylation is 3. The lowest BCUT2D eigenvalue weighted by Gasteiger charge is -2.43. The molecule has 624 valence electrons. The molecule has 4 saturated heterocycles. The maximum Gasteiger partial charge on any atom is 0.294 e. The number of halogens is 3. The van der Waals surface area contributed by atoms with Crippen LogP contribution in [0.4, 0.5) is 51.7 Å². The number of aliphatic hydroxyl groups is 1. The standard InChI is InChI=1S/C38H46BrN8O2P.C19H15BrClN4OP.C19H32N4O.C7H8O3S.C4H10O/c1-6-27-21-33(35(49-3)23-34(27)47-14-12-30(13-15-47)46-18-16-45(2)17-19-46)43-38-41-25-31(39)37(44-38)42-32-11-10-29(22-36(32)50(4,5)48)28-9-7-8-26(20-28)24-40;1-27(2,26)17-9-14(13-5-3-4-12(8-13)10-22)6-7-16(17)24-18-15(20)11-23-19(21)25-18;1-4-15-13-17(20)19(24-3)14-18(15)23-7-5-16(6-8-23)22-11-9-21(2)10-12-22;1-6-2-4-7(5-3-6)11(8,9)10;1-2-3-4-5/h7-11,20-23,25,30H,6,12-19H2,1-5H3,(H2,41,42,43,44);3-9,11H,1-2H3,(H,23,24,25);13-14,16H,4-12,20H2,1-3H3;2-5H,1H3,(H,8,9,10);5H,2-4H2,1H3. The molecular formula is C87H111Br2ClN16O8P2S. The van der Waals surface area contributed by atoms with Crippen molar-refractivity contribution in [1.82, 2.24) is 39.5 Å². The summed E-state index contributed by atoms with van der Waals surface area (Å²) in [4.78, 5) is 32.6. The number of nitrogens with zero attached hydrogens (tertiary/aromatic N) is 12. The predicted molar refractivity (Wildman–Crippen MR) is 486 cm³/mol. The molecule has 24 nitrogen and oxygen atoms in total. The lowest BCUT2D eigenvalue weighted by Crippen LogP contribution is -2.52. The fourth-order valence-electron chi connectivity index (χ4n) is 14.4. The number of nitriles is 2. The molecule has 2 aromatic heterocycles. The van der Waals surface area contributed by atoms with E-state index in [2.05, 4.69) is 163 Å². The van der Waals surface area contributed by atoms with Gasteiger partial charge in [-0.15, -0.1) is 0 Å². The average Bonchev–Trinajstić information content (AvgIpc) is 0.792. The van der Waals surface area contributed by atoms with Gasteiger partial charge in [-0.05, 0) is 242 Å². The number of aliphatic hydroxyl groups excluding tert-OH is 1. The number of unbranched alkanes of at least 4 members (excludes halogenated alkanes) is 1. The van der Waals surface area contributed by atoms with Crippen LogP contribution in [0.15, 0.2) is 160 Å². The third-order valence-corrected chi connectivity index (χ3v) is 26.4. The number of hydrogen-bond acceptors (Lipinski definition) is 23. The summed E-state index contributed by atoms with van der Waals surface area (Å²) >= 11 is 12.9. The van der Waals surface area contributed by atoms with Crippen molar-refractivity contribution in [3.8, 4) is 45.9 Å². The number of rotatable bonds is 21. The first kappa shape index (κ1) is 92.4. The highest BCUT2D eigenvalue weighted by Gasteiger charge is 2.31. The van der Waals surface area contributed by atoms with Crippen molar-refractivity contribution in [3.63, 3.8) is 0 Å². The molecule has 4 aliphatic rings.